The fraction of sp³-hybridized carbons (Fsp3) is 0.0588. The van der Waals surface area contributed by atoms with Gasteiger partial charge in [-0.3, -0.25) is 4.68 Å². The van der Waals surface area contributed by atoms with Crippen LogP contribution in [0.3, 0.4) is 0 Å². The van der Waals surface area contributed by atoms with Crippen molar-refractivity contribution in [1.82, 2.24) is 9.78 Å². The predicted molar refractivity (Wildman–Crippen MR) is 104 cm³/mol. The molecule has 1 heterocycles. The summed E-state index contributed by atoms with van der Waals surface area (Å²) in [5.74, 6) is -1.39. The van der Waals surface area contributed by atoms with Crippen LogP contribution in [0.2, 0.25) is 10.0 Å². The van der Waals surface area contributed by atoms with Gasteiger partial charge in [-0.15, -0.1) is 0 Å². The molecule has 0 spiro atoms. The molecule has 4 nitrogen and oxygen atoms in total. The van der Waals surface area contributed by atoms with Crippen molar-refractivity contribution in [2.75, 3.05) is 10.6 Å². The van der Waals surface area contributed by atoms with E-state index in [2.05, 4.69) is 15.7 Å². The molecule has 0 aliphatic rings. The van der Waals surface area contributed by atoms with E-state index in [-0.39, 0.29) is 10.8 Å². The van der Waals surface area contributed by atoms with Gasteiger partial charge in [-0.2, -0.15) is 5.10 Å². The minimum atomic E-state index is -0.734. The minimum absolute atomic E-state index is 0.0734. The van der Waals surface area contributed by atoms with Crippen LogP contribution < -0.4 is 10.6 Å². The maximum atomic E-state index is 13.6. The van der Waals surface area contributed by atoms with Gasteiger partial charge in [0.15, 0.2) is 5.11 Å². The first-order chi connectivity index (χ1) is 12.4. The maximum absolute atomic E-state index is 13.6. The van der Waals surface area contributed by atoms with Crippen LogP contribution in [0.1, 0.15) is 5.56 Å². The second-order valence-electron chi connectivity index (χ2n) is 5.37. The van der Waals surface area contributed by atoms with Crippen molar-refractivity contribution in [3.63, 3.8) is 0 Å². The van der Waals surface area contributed by atoms with E-state index in [4.69, 9.17) is 35.4 Å². The summed E-state index contributed by atoms with van der Waals surface area (Å²) >= 11 is 17.2. The number of nitrogens with one attached hydrogen (secondary N) is 2. The number of benzene rings is 2. The highest BCUT2D eigenvalue weighted by Crippen LogP contribution is 2.22. The van der Waals surface area contributed by atoms with Gasteiger partial charge in [-0.25, -0.2) is 8.78 Å². The zero-order valence-electron chi connectivity index (χ0n) is 13.1. The van der Waals surface area contributed by atoms with Crippen LogP contribution in [0.5, 0.6) is 0 Å². The highest BCUT2D eigenvalue weighted by Gasteiger charge is 2.08. The molecule has 0 unspecified atom stereocenters. The van der Waals surface area contributed by atoms with Crippen LogP contribution in [0, 0.1) is 11.6 Å². The monoisotopic (exact) mass is 412 g/mol. The van der Waals surface area contributed by atoms with Crippen molar-refractivity contribution in [1.29, 1.82) is 0 Å². The van der Waals surface area contributed by atoms with Gasteiger partial charge in [-0.1, -0.05) is 29.3 Å². The van der Waals surface area contributed by atoms with Crippen LogP contribution >= 0.6 is 35.4 Å². The fourth-order valence-electron chi connectivity index (χ4n) is 2.21. The lowest BCUT2D eigenvalue weighted by Gasteiger charge is -2.09. The Morgan fingerprint density at radius 3 is 2.65 bits per heavy atom. The Morgan fingerprint density at radius 1 is 1.12 bits per heavy atom. The molecule has 0 saturated carbocycles. The summed E-state index contributed by atoms with van der Waals surface area (Å²) in [7, 11) is 0. The van der Waals surface area contributed by atoms with Crippen LogP contribution in [0.4, 0.5) is 20.2 Å². The summed E-state index contributed by atoms with van der Waals surface area (Å²) in [5.41, 5.74) is 1.54. The third kappa shape index (κ3) is 4.69. The van der Waals surface area contributed by atoms with E-state index < -0.39 is 11.6 Å². The van der Waals surface area contributed by atoms with E-state index in [9.17, 15) is 8.78 Å². The summed E-state index contributed by atoms with van der Waals surface area (Å²) in [6.07, 6.45) is 3.29. The molecule has 9 heteroatoms. The zero-order chi connectivity index (χ0) is 18.7. The van der Waals surface area contributed by atoms with Gasteiger partial charge in [0.05, 0.1) is 24.1 Å². The second-order valence-corrected chi connectivity index (χ2v) is 6.62. The maximum Gasteiger partial charge on any atom is 0.175 e. The quantitative estimate of drug-likeness (QED) is 0.568. The van der Waals surface area contributed by atoms with Crippen molar-refractivity contribution >= 4 is 51.9 Å². The third-order valence-electron chi connectivity index (χ3n) is 3.42. The molecule has 0 amide bonds. The van der Waals surface area contributed by atoms with Gasteiger partial charge in [0, 0.05) is 22.3 Å². The summed E-state index contributed by atoms with van der Waals surface area (Å²) in [4.78, 5) is 0. The number of rotatable bonds is 4. The number of halogens is 4. The Labute approximate surface area is 163 Å². The molecule has 26 heavy (non-hydrogen) atoms. The van der Waals surface area contributed by atoms with E-state index in [1.54, 1.807) is 29.2 Å². The SMILES string of the molecule is Fc1ccc(NC(=S)Nc2cnn(Cc3ccc(Cl)cc3Cl)c2)c(F)c1. The first-order valence-corrected chi connectivity index (χ1v) is 8.56. The van der Waals surface area contributed by atoms with E-state index in [1.807, 2.05) is 6.07 Å². The Morgan fingerprint density at radius 2 is 1.92 bits per heavy atom. The normalized spacial score (nSPS) is 10.6. The molecule has 0 fully saturated rings. The van der Waals surface area contributed by atoms with Gasteiger partial charge in [0.1, 0.15) is 11.6 Å². The number of nitrogens with zero attached hydrogens (tertiary/aromatic N) is 2. The molecule has 0 atom stereocenters. The molecule has 0 saturated heterocycles. The highest BCUT2D eigenvalue weighted by molar-refractivity contribution is 7.80. The molecule has 3 rings (SSSR count). The van der Waals surface area contributed by atoms with E-state index >= 15 is 0 Å². The van der Waals surface area contributed by atoms with Crippen LogP contribution in [-0.4, -0.2) is 14.9 Å². The smallest absolute Gasteiger partial charge is 0.175 e. The lowest BCUT2D eigenvalue weighted by atomic mass is 10.2. The standard InChI is InChI=1S/C17H12Cl2F2N4S/c18-11-2-1-10(14(19)5-11)8-25-9-13(7-22-25)23-17(26)24-16-4-3-12(20)6-15(16)21/h1-7,9H,8H2,(H2,23,24,26). The molecule has 2 N–H and O–H groups in total. The first kappa shape index (κ1) is 18.6. The van der Waals surface area contributed by atoms with Gasteiger partial charge >= 0.3 is 0 Å². The number of hydrogen-bond acceptors (Lipinski definition) is 2. The van der Waals surface area contributed by atoms with Crippen molar-refractivity contribution in [2.24, 2.45) is 0 Å². The average Bonchev–Trinajstić information content (AvgIpc) is 3.00. The largest absolute Gasteiger partial charge is 0.330 e. The van der Waals surface area contributed by atoms with Crippen molar-refractivity contribution in [3.05, 3.63) is 76.0 Å². The zero-order valence-corrected chi connectivity index (χ0v) is 15.5. The molecule has 0 bridgehead atoms. The van der Waals surface area contributed by atoms with Crippen LogP contribution in [0.25, 0.3) is 0 Å². The van der Waals surface area contributed by atoms with E-state index in [1.165, 1.54) is 6.07 Å². The molecular formula is C17H12Cl2F2N4S. The topological polar surface area (TPSA) is 41.9 Å². The number of anilines is 2. The van der Waals surface area contributed by atoms with Gasteiger partial charge < -0.3 is 10.6 Å². The lowest BCUT2D eigenvalue weighted by Crippen LogP contribution is -2.19. The Kier molecular flexibility index (Phi) is 5.70. The van der Waals surface area contributed by atoms with Crippen molar-refractivity contribution < 1.29 is 8.78 Å². The van der Waals surface area contributed by atoms with E-state index in [0.717, 1.165) is 17.7 Å². The summed E-state index contributed by atoms with van der Waals surface area (Å²) < 4.78 is 28.2. The van der Waals surface area contributed by atoms with E-state index in [0.29, 0.717) is 22.3 Å². The predicted octanol–water partition coefficient (Wildman–Crippen LogP) is 5.33. The van der Waals surface area contributed by atoms with Crippen LogP contribution in [0.15, 0.2) is 48.8 Å². The van der Waals surface area contributed by atoms with Gasteiger partial charge in [-0.05, 0) is 42.0 Å². The first-order valence-electron chi connectivity index (χ1n) is 7.40. The summed E-state index contributed by atoms with van der Waals surface area (Å²) in [5, 5.41) is 11.0. The Balaban J connectivity index is 1.63. The average molecular weight is 413 g/mol. The molecule has 2 aromatic carbocycles. The van der Waals surface area contributed by atoms with Gasteiger partial charge in [0.2, 0.25) is 0 Å². The fourth-order valence-corrected chi connectivity index (χ4v) is 2.91. The molecule has 3 aromatic rings. The Hall–Kier alpha value is -2.22. The summed E-state index contributed by atoms with van der Waals surface area (Å²) in [6.45, 7) is 0.449. The third-order valence-corrected chi connectivity index (χ3v) is 4.21. The molecule has 0 radical (unpaired) electrons. The second kappa shape index (κ2) is 7.99. The van der Waals surface area contributed by atoms with Crippen LogP contribution in [-0.2, 0) is 6.54 Å². The number of thiocarbonyl (C=S) groups is 1. The molecular weight excluding hydrogens is 401 g/mol. The molecule has 0 aliphatic carbocycles. The number of hydrogen-bond donors (Lipinski definition) is 2. The van der Waals surface area contributed by atoms with Gasteiger partial charge in [0.25, 0.3) is 0 Å². The van der Waals surface area contributed by atoms with Crippen molar-refractivity contribution in [2.45, 2.75) is 6.54 Å². The molecule has 134 valence electrons. The summed E-state index contributed by atoms with van der Waals surface area (Å²) in [6, 6.07) is 8.42. The highest BCUT2D eigenvalue weighted by atomic mass is 35.5. The molecule has 0 aliphatic heterocycles. The molecule has 1 aromatic heterocycles. The minimum Gasteiger partial charge on any atom is -0.330 e. The lowest BCUT2D eigenvalue weighted by molar-refractivity contribution is 0.586. The Bertz CT molecular complexity index is 962. The van der Waals surface area contributed by atoms with Crippen molar-refractivity contribution in [3.8, 4) is 0 Å². The number of aromatic nitrogens is 2.